The lowest BCUT2D eigenvalue weighted by Gasteiger charge is -2.17. The van der Waals surface area contributed by atoms with Crippen molar-refractivity contribution in [2.75, 3.05) is 30.9 Å². The first-order valence-electron chi connectivity index (χ1n) is 7.22. The van der Waals surface area contributed by atoms with E-state index in [9.17, 15) is 0 Å². The summed E-state index contributed by atoms with van der Waals surface area (Å²) in [6, 6.07) is 6.47. The molecular weight excluding hydrogens is 266 g/mol. The molecule has 1 heterocycles. The first-order chi connectivity index (χ1) is 9.45. The molecular formula is C16H25N3S. The molecule has 1 aliphatic heterocycles. The van der Waals surface area contributed by atoms with Gasteiger partial charge in [-0.3, -0.25) is 4.99 Å². The van der Waals surface area contributed by atoms with Gasteiger partial charge in [0.05, 0.1) is 6.54 Å². The van der Waals surface area contributed by atoms with Gasteiger partial charge in [-0.15, -0.1) is 0 Å². The van der Waals surface area contributed by atoms with E-state index >= 15 is 0 Å². The molecule has 0 bridgehead atoms. The maximum Gasteiger partial charge on any atom is 0.161 e. The van der Waals surface area contributed by atoms with Crippen molar-refractivity contribution in [3.8, 4) is 0 Å². The zero-order chi connectivity index (χ0) is 14.7. The van der Waals surface area contributed by atoms with Gasteiger partial charge in [0.15, 0.2) is 5.17 Å². The number of hydrogen-bond donors (Lipinski definition) is 1. The Bertz CT molecular complexity index is 494. The summed E-state index contributed by atoms with van der Waals surface area (Å²) in [6.45, 7) is 7.63. The van der Waals surface area contributed by atoms with E-state index in [1.807, 2.05) is 11.8 Å². The number of thioether (sulfide) groups is 1. The zero-order valence-electron chi connectivity index (χ0n) is 13.1. The Hall–Kier alpha value is -1.16. The summed E-state index contributed by atoms with van der Waals surface area (Å²) in [6.07, 6.45) is 1.23. The minimum atomic E-state index is 0.635. The molecule has 1 aromatic rings. The van der Waals surface area contributed by atoms with E-state index in [4.69, 9.17) is 0 Å². The lowest BCUT2D eigenvalue weighted by atomic mass is 10.1. The lowest BCUT2D eigenvalue weighted by molar-refractivity contribution is 0.575. The fourth-order valence-corrected chi connectivity index (χ4v) is 3.70. The second kappa shape index (κ2) is 6.53. The van der Waals surface area contributed by atoms with Crippen molar-refractivity contribution >= 4 is 28.3 Å². The Morgan fingerprint density at radius 2 is 2.15 bits per heavy atom. The molecule has 1 aliphatic rings. The molecule has 4 heteroatoms. The van der Waals surface area contributed by atoms with E-state index in [1.165, 1.54) is 17.7 Å². The second-order valence-electron chi connectivity index (χ2n) is 6.04. The zero-order valence-corrected chi connectivity index (χ0v) is 13.9. The van der Waals surface area contributed by atoms with Crippen molar-refractivity contribution in [1.82, 2.24) is 0 Å². The third-order valence-electron chi connectivity index (χ3n) is 3.39. The maximum atomic E-state index is 4.62. The summed E-state index contributed by atoms with van der Waals surface area (Å²) in [5.74, 6) is 0.738. The number of nitrogens with zero attached hydrogens (tertiary/aromatic N) is 2. The molecule has 0 amide bonds. The quantitative estimate of drug-likeness (QED) is 0.909. The number of aryl methyl sites for hydroxylation is 1. The molecule has 0 fully saturated rings. The number of anilines is 2. The van der Waals surface area contributed by atoms with Crippen LogP contribution in [-0.4, -0.2) is 31.1 Å². The molecule has 1 unspecified atom stereocenters. The van der Waals surface area contributed by atoms with Gasteiger partial charge >= 0.3 is 0 Å². The van der Waals surface area contributed by atoms with E-state index < -0.39 is 0 Å². The maximum absolute atomic E-state index is 4.62. The van der Waals surface area contributed by atoms with Crippen molar-refractivity contribution in [2.45, 2.75) is 32.4 Å². The smallest absolute Gasteiger partial charge is 0.161 e. The van der Waals surface area contributed by atoms with E-state index in [-0.39, 0.29) is 0 Å². The molecule has 0 aromatic heterocycles. The summed E-state index contributed by atoms with van der Waals surface area (Å²) in [7, 11) is 4.15. The highest BCUT2D eigenvalue weighted by molar-refractivity contribution is 8.15. The molecule has 1 atom stereocenters. The first-order valence-corrected chi connectivity index (χ1v) is 8.09. The van der Waals surface area contributed by atoms with Gasteiger partial charge in [0.25, 0.3) is 0 Å². The standard InChI is InChI=1S/C16H25N3S/c1-11(2)8-14-10-17-16(20-14)18-13-7-6-12(3)15(9-13)19(4)5/h6-7,9,11,14H,8,10H2,1-5H3,(H,17,18). The van der Waals surface area contributed by atoms with Crippen molar-refractivity contribution in [1.29, 1.82) is 0 Å². The van der Waals surface area contributed by atoms with Crippen LogP contribution >= 0.6 is 11.8 Å². The molecule has 0 saturated heterocycles. The van der Waals surface area contributed by atoms with Gasteiger partial charge in [-0.1, -0.05) is 31.7 Å². The predicted octanol–water partition coefficient (Wildman–Crippen LogP) is 3.99. The van der Waals surface area contributed by atoms with E-state index in [2.05, 4.69) is 68.3 Å². The molecule has 1 N–H and O–H groups in total. The number of amidine groups is 1. The van der Waals surface area contributed by atoms with Crippen LogP contribution < -0.4 is 10.2 Å². The number of hydrogen-bond acceptors (Lipinski definition) is 4. The van der Waals surface area contributed by atoms with E-state index in [1.54, 1.807) is 0 Å². The van der Waals surface area contributed by atoms with Crippen LogP contribution in [-0.2, 0) is 0 Å². The molecule has 0 radical (unpaired) electrons. The largest absolute Gasteiger partial charge is 0.377 e. The first kappa shape index (κ1) is 15.2. The summed E-state index contributed by atoms with van der Waals surface area (Å²) in [5.41, 5.74) is 3.66. The Morgan fingerprint density at radius 3 is 2.80 bits per heavy atom. The van der Waals surface area contributed by atoms with Crippen molar-refractivity contribution < 1.29 is 0 Å². The summed E-state index contributed by atoms with van der Waals surface area (Å²) >= 11 is 1.88. The van der Waals surface area contributed by atoms with Crippen LogP contribution in [0, 0.1) is 12.8 Å². The van der Waals surface area contributed by atoms with Crippen molar-refractivity contribution in [2.24, 2.45) is 10.9 Å². The number of benzene rings is 1. The average molecular weight is 291 g/mol. The van der Waals surface area contributed by atoms with Gasteiger partial charge in [0.1, 0.15) is 0 Å². The van der Waals surface area contributed by atoms with Gasteiger partial charge < -0.3 is 10.2 Å². The highest BCUT2D eigenvalue weighted by atomic mass is 32.2. The van der Waals surface area contributed by atoms with Crippen molar-refractivity contribution in [3.05, 3.63) is 23.8 Å². The van der Waals surface area contributed by atoms with Gasteiger partial charge in [-0.2, -0.15) is 0 Å². The molecule has 2 rings (SSSR count). The highest BCUT2D eigenvalue weighted by Crippen LogP contribution is 2.29. The molecule has 110 valence electrons. The van der Waals surface area contributed by atoms with Crippen LogP contribution in [0.5, 0.6) is 0 Å². The number of rotatable bonds is 4. The highest BCUT2D eigenvalue weighted by Gasteiger charge is 2.20. The molecule has 0 saturated carbocycles. The minimum Gasteiger partial charge on any atom is -0.377 e. The van der Waals surface area contributed by atoms with E-state index in [0.717, 1.165) is 23.3 Å². The second-order valence-corrected chi connectivity index (χ2v) is 7.33. The predicted molar refractivity (Wildman–Crippen MR) is 92.3 cm³/mol. The number of nitrogens with one attached hydrogen (secondary N) is 1. The Balaban J connectivity index is 1.99. The Morgan fingerprint density at radius 1 is 1.40 bits per heavy atom. The lowest BCUT2D eigenvalue weighted by Crippen LogP contribution is -2.12. The summed E-state index contributed by atoms with van der Waals surface area (Å²) < 4.78 is 0. The average Bonchev–Trinajstić information content (AvgIpc) is 2.77. The summed E-state index contributed by atoms with van der Waals surface area (Å²) in [5, 5.41) is 5.15. The molecule has 3 nitrogen and oxygen atoms in total. The fraction of sp³-hybridized carbons (Fsp3) is 0.562. The Labute approximate surface area is 126 Å². The fourth-order valence-electron chi connectivity index (χ4n) is 2.43. The SMILES string of the molecule is Cc1ccc(NC2=NCC(CC(C)C)S2)cc1N(C)C. The van der Waals surface area contributed by atoms with Gasteiger partial charge in [0, 0.05) is 30.7 Å². The number of aliphatic imine (C=N–C) groups is 1. The minimum absolute atomic E-state index is 0.635. The van der Waals surface area contributed by atoms with Gasteiger partial charge in [-0.25, -0.2) is 0 Å². The Kier molecular flexibility index (Phi) is 4.97. The molecule has 0 aliphatic carbocycles. The third kappa shape index (κ3) is 3.92. The summed E-state index contributed by atoms with van der Waals surface area (Å²) in [4.78, 5) is 6.76. The van der Waals surface area contributed by atoms with Crippen LogP contribution in [0.3, 0.4) is 0 Å². The molecule has 1 aromatic carbocycles. The van der Waals surface area contributed by atoms with Crippen LogP contribution in [0.4, 0.5) is 11.4 Å². The van der Waals surface area contributed by atoms with Gasteiger partial charge in [-0.05, 0) is 37.0 Å². The van der Waals surface area contributed by atoms with Crippen LogP contribution in [0.25, 0.3) is 0 Å². The normalized spacial score (nSPS) is 18.3. The van der Waals surface area contributed by atoms with Crippen LogP contribution in [0.15, 0.2) is 23.2 Å². The monoisotopic (exact) mass is 291 g/mol. The van der Waals surface area contributed by atoms with Crippen molar-refractivity contribution in [3.63, 3.8) is 0 Å². The third-order valence-corrected chi connectivity index (χ3v) is 4.52. The topological polar surface area (TPSA) is 27.6 Å². The van der Waals surface area contributed by atoms with E-state index in [0.29, 0.717) is 5.25 Å². The van der Waals surface area contributed by atoms with Gasteiger partial charge in [0.2, 0.25) is 0 Å². The molecule has 20 heavy (non-hydrogen) atoms. The molecule has 0 spiro atoms. The van der Waals surface area contributed by atoms with Crippen LogP contribution in [0.1, 0.15) is 25.8 Å². The van der Waals surface area contributed by atoms with Crippen LogP contribution in [0.2, 0.25) is 0 Å².